The van der Waals surface area contributed by atoms with Crippen LogP contribution in [0.1, 0.15) is 29.5 Å². The second-order valence-corrected chi connectivity index (χ2v) is 4.80. The van der Waals surface area contributed by atoms with E-state index >= 15 is 0 Å². The van der Waals surface area contributed by atoms with Crippen LogP contribution in [0.3, 0.4) is 0 Å². The number of ether oxygens (including phenoxy) is 1. The van der Waals surface area contributed by atoms with Crippen molar-refractivity contribution in [3.05, 3.63) is 41.7 Å². The average molecular weight is 318 g/mol. The van der Waals surface area contributed by atoms with Crippen LogP contribution in [-0.4, -0.2) is 38.5 Å². The molecule has 0 saturated heterocycles. The van der Waals surface area contributed by atoms with Gasteiger partial charge in [-0.05, 0) is 18.6 Å². The molecule has 1 heterocycles. The number of para-hydroxylation sites is 1. The monoisotopic (exact) mass is 318 g/mol. The Balaban J connectivity index is 2.13. The van der Waals surface area contributed by atoms with Gasteiger partial charge in [-0.2, -0.15) is 0 Å². The molecule has 0 radical (unpaired) electrons. The van der Waals surface area contributed by atoms with Gasteiger partial charge in [0, 0.05) is 6.54 Å². The summed E-state index contributed by atoms with van der Waals surface area (Å²) in [5.41, 5.74) is 0.0252. The van der Waals surface area contributed by atoms with Crippen molar-refractivity contribution in [1.29, 1.82) is 0 Å². The number of benzene rings is 1. The fourth-order valence-electron chi connectivity index (χ4n) is 1.89. The summed E-state index contributed by atoms with van der Waals surface area (Å²) in [6.45, 7) is 2.35. The summed E-state index contributed by atoms with van der Waals surface area (Å²) in [5, 5.41) is 19.2. The van der Waals surface area contributed by atoms with E-state index in [1.807, 2.05) is 13.0 Å². The number of carbonyl (C=O) groups is 2. The number of hydrogen-bond acceptors (Lipinski definition) is 5. The zero-order chi connectivity index (χ0) is 16.7. The second kappa shape index (κ2) is 7.92. The molecule has 0 aliphatic rings. The van der Waals surface area contributed by atoms with E-state index in [9.17, 15) is 14.7 Å². The lowest BCUT2D eigenvalue weighted by atomic mass is 10.3. The fourth-order valence-corrected chi connectivity index (χ4v) is 1.89. The number of amides is 1. The van der Waals surface area contributed by atoms with Crippen molar-refractivity contribution in [2.75, 3.05) is 6.54 Å². The van der Waals surface area contributed by atoms with Crippen molar-refractivity contribution in [3.63, 3.8) is 0 Å². The van der Waals surface area contributed by atoms with Crippen LogP contribution in [0.2, 0.25) is 0 Å². The minimum Gasteiger partial charge on any atom is -0.487 e. The molecule has 0 aliphatic heterocycles. The third-order valence-electron chi connectivity index (χ3n) is 3.02. The highest BCUT2D eigenvalue weighted by molar-refractivity contribution is 5.86. The molecule has 122 valence electrons. The molecule has 1 aromatic carbocycles. The standard InChI is InChI=1S/C15H18N4O4/c1-2-8-16-13(20)9-19-12(14(15(21)22)17-18-19)10-23-11-6-4-3-5-7-11/h3-7H,2,8-10H2,1H3,(H,16,20)(H,21,22). The third kappa shape index (κ3) is 4.53. The lowest BCUT2D eigenvalue weighted by Gasteiger charge is -2.09. The van der Waals surface area contributed by atoms with Crippen molar-refractivity contribution in [2.24, 2.45) is 0 Å². The lowest BCUT2D eigenvalue weighted by molar-refractivity contribution is -0.121. The first kappa shape index (κ1) is 16.5. The predicted octanol–water partition coefficient (Wildman–Crippen LogP) is 1.08. The van der Waals surface area contributed by atoms with E-state index in [2.05, 4.69) is 15.6 Å². The molecule has 0 atom stereocenters. The molecular weight excluding hydrogens is 300 g/mol. The van der Waals surface area contributed by atoms with E-state index in [1.165, 1.54) is 4.68 Å². The number of nitrogens with one attached hydrogen (secondary N) is 1. The SMILES string of the molecule is CCCNC(=O)Cn1nnc(C(=O)O)c1COc1ccccc1. The molecule has 23 heavy (non-hydrogen) atoms. The highest BCUT2D eigenvalue weighted by Gasteiger charge is 2.20. The lowest BCUT2D eigenvalue weighted by Crippen LogP contribution is -2.29. The van der Waals surface area contributed by atoms with E-state index in [0.29, 0.717) is 12.3 Å². The van der Waals surface area contributed by atoms with Crippen molar-refractivity contribution >= 4 is 11.9 Å². The molecule has 2 N–H and O–H groups in total. The summed E-state index contributed by atoms with van der Waals surface area (Å²) >= 11 is 0. The summed E-state index contributed by atoms with van der Waals surface area (Å²) in [6.07, 6.45) is 0.813. The van der Waals surface area contributed by atoms with Gasteiger partial charge < -0.3 is 15.2 Å². The Morgan fingerprint density at radius 1 is 1.30 bits per heavy atom. The van der Waals surface area contributed by atoms with Crippen LogP contribution in [-0.2, 0) is 17.9 Å². The maximum absolute atomic E-state index is 11.8. The van der Waals surface area contributed by atoms with Gasteiger partial charge in [-0.25, -0.2) is 9.48 Å². The van der Waals surface area contributed by atoms with Crippen LogP contribution in [0.5, 0.6) is 5.75 Å². The number of aromatic nitrogens is 3. The summed E-state index contributed by atoms with van der Waals surface area (Å²) in [5.74, 6) is -0.876. The van der Waals surface area contributed by atoms with E-state index in [-0.39, 0.29) is 30.4 Å². The van der Waals surface area contributed by atoms with Gasteiger partial charge in [0.05, 0.1) is 0 Å². The third-order valence-corrected chi connectivity index (χ3v) is 3.02. The van der Waals surface area contributed by atoms with Gasteiger partial charge in [-0.3, -0.25) is 4.79 Å². The van der Waals surface area contributed by atoms with Crippen LogP contribution < -0.4 is 10.1 Å². The number of aromatic carboxylic acids is 1. The first-order valence-corrected chi connectivity index (χ1v) is 7.22. The molecule has 0 spiro atoms. The zero-order valence-corrected chi connectivity index (χ0v) is 12.7. The predicted molar refractivity (Wildman–Crippen MR) is 81.1 cm³/mol. The molecule has 1 amide bonds. The zero-order valence-electron chi connectivity index (χ0n) is 12.7. The van der Waals surface area contributed by atoms with Crippen LogP contribution in [0, 0.1) is 0 Å². The molecule has 0 aliphatic carbocycles. The Morgan fingerprint density at radius 3 is 2.70 bits per heavy atom. The fraction of sp³-hybridized carbons (Fsp3) is 0.333. The number of nitrogens with zero attached hydrogens (tertiary/aromatic N) is 3. The van der Waals surface area contributed by atoms with Gasteiger partial charge in [0.2, 0.25) is 5.91 Å². The van der Waals surface area contributed by atoms with Crippen molar-refractivity contribution in [3.8, 4) is 5.75 Å². The van der Waals surface area contributed by atoms with Crippen LogP contribution in [0.4, 0.5) is 0 Å². The Hall–Kier alpha value is -2.90. The van der Waals surface area contributed by atoms with Gasteiger partial charge in [-0.15, -0.1) is 5.10 Å². The first-order valence-electron chi connectivity index (χ1n) is 7.22. The molecular formula is C15H18N4O4. The molecule has 0 unspecified atom stereocenters. The van der Waals surface area contributed by atoms with E-state index in [0.717, 1.165) is 6.42 Å². The average Bonchev–Trinajstić information content (AvgIpc) is 2.94. The topological polar surface area (TPSA) is 106 Å². The first-order chi connectivity index (χ1) is 11.1. The molecule has 0 bridgehead atoms. The summed E-state index contributed by atoms with van der Waals surface area (Å²) < 4.78 is 6.80. The van der Waals surface area contributed by atoms with Gasteiger partial charge in [-0.1, -0.05) is 30.3 Å². The number of hydrogen-bond donors (Lipinski definition) is 2. The summed E-state index contributed by atoms with van der Waals surface area (Å²) in [7, 11) is 0. The van der Waals surface area contributed by atoms with E-state index < -0.39 is 5.97 Å². The van der Waals surface area contributed by atoms with Crippen LogP contribution >= 0.6 is 0 Å². The van der Waals surface area contributed by atoms with Gasteiger partial charge in [0.25, 0.3) is 0 Å². The second-order valence-electron chi connectivity index (χ2n) is 4.80. The minimum absolute atomic E-state index is 0.0420. The Kier molecular flexibility index (Phi) is 5.67. The largest absolute Gasteiger partial charge is 0.487 e. The molecule has 1 aromatic heterocycles. The number of carboxylic acid groups (broad SMARTS) is 1. The van der Waals surface area contributed by atoms with Gasteiger partial charge >= 0.3 is 5.97 Å². The summed E-state index contributed by atoms with van der Waals surface area (Å²) in [4.78, 5) is 23.0. The highest BCUT2D eigenvalue weighted by atomic mass is 16.5. The molecule has 2 aromatic rings. The van der Waals surface area contributed by atoms with Crippen molar-refractivity contribution < 1.29 is 19.4 Å². The maximum Gasteiger partial charge on any atom is 0.358 e. The van der Waals surface area contributed by atoms with Gasteiger partial charge in [0.1, 0.15) is 24.6 Å². The van der Waals surface area contributed by atoms with Crippen molar-refractivity contribution in [1.82, 2.24) is 20.3 Å². The molecule has 0 fully saturated rings. The summed E-state index contributed by atoms with van der Waals surface area (Å²) in [6, 6.07) is 8.97. The molecule has 2 rings (SSSR count). The van der Waals surface area contributed by atoms with E-state index in [4.69, 9.17) is 4.74 Å². The Bertz CT molecular complexity index is 669. The smallest absolute Gasteiger partial charge is 0.358 e. The van der Waals surface area contributed by atoms with Crippen LogP contribution in [0.15, 0.2) is 30.3 Å². The van der Waals surface area contributed by atoms with E-state index in [1.54, 1.807) is 24.3 Å². The molecule has 8 heteroatoms. The minimum atomic E-state index is -1.21. The van der Waals surface area contributed by atoms with Gasteiger partial charge in [0.15, 0.2) is 5.69 Å². The highest BCUT2D eigenvalue weighted by Crippen LogP contribution is 2.13. The Morgan fingerprint density at radius 2 is 2.04 bits per heavy atom. The Labute approximate surface area is 133 Å². The number of carbonyl (C=O) groups excluding carboxylic acids is 1. The van der Waals surface area contributed by atoms with Crippen LogP contribution in [0.25, 0.3) is 0 Å². The van der Waals surface area contributed by atoms with Crippen molar-refractivity contribution in [2.45, 2.75) is 26.5 Å². The normalized spacial score (nSPS) is 10.3. The molecule has 0 saturated carbocycles. The quantitative estimate of drug-likeness (QED) is 0.754. The maximum atomic E-state index is 11.8. The number of rotatable bonds is 8. The number of carboxylic acids is 1. The molecule has 8 nitrogen and oxygen atoms in total.